The summed E-state index contributed by atoms with van der Waals surface area (Å²) in [5, 5.41) is 7.65. The van der Waals surface area contributed by atoms with Gasteiger partial charge in [0.1, 0.15) is 12.0 Å². The van der Waals surface area contributed by atoms with Crippen molar-refractivity contribution in [2.45, 2.75) is 26.3 Å². The van der Waals surface area contributed by atoms with Crippen LogP contribution in [0, 0.1) is 6.92 Å². The van der Waals surface area contributed by atoms with Crippen LogP contribution in [0.5, 0.6) is 0 Å². The zero-order valence-electron chi connectivity index (χ0n) is 14.0. The average molecular weight is 355 g/mol. The molecule has 0 unspecified atom stereocenters. The molecule has 0 saturated carbocycles. The standard InChI is InChI=1S/C20H19ClN2O2/c1-14-5-7-16(8-6-14)20-17(13-25-23-20)9-10-19(24)22-12-15-3-2-4-18(21)11-15/h2-8,11,13H,9-10,12H2,1H3,(H,22,24). The van der Waals surface area contributed by atoms with E-state index >= 15 is 0 Å². The normalized spacial score (nSPS) is 10.6. The van der Waals surface area contributed by atoms with Gasteiger partial charge in [0.05, 0.1) is 0 Å². The lowest BCUT2D eigenvalue weighted by Gasteiger charge is -2.06. The predicted octanol–water partition coefficient (Wildman–Crippen LogP) is 4.55. The second-order valence-corrected chi connectivity index (χ2v) is 6.40. The van der Waals surface area contributed by atoms with Crippen molar-refractivity contribution in [1.82, 2.24) is 10.5 Å². The van der Waals surface area contributed by atoms with E-state index in [2.05, 4.69) is 10.5 Å². The number of rotatable bonds is 6. The monoisotopic (exact) mass is 354 g/mol. The number of carbonyl (C=O) groups excluding carboxylic acids is 1. The maximum atomic E-state index is 12.1. The molecule has 0 saturated heterocycles. The topological polar surface area (TPSA) is 55.1 Å². The number of aryl methyl sites for hydroxylation is 2. The molecule has 0 spiro atoms. The first kappa shape index (κ1) is 17.2. The molecule has 128 valence electrons. The number of amides is 1. The number of halogens is 1. The van der Waals surface area contributed by atoms with Gasteiger partial charge >= 0.3 is 0 Å². The van der Waals surface area contributed by atoms with Gasteiger partial charge in [-0.25, -0.2) is 0 Å². The van der Waals surface area contributed by atoms with E-state index in [0.717, 1.165) is 22.4 Å². The fourth-order valence-corrected chi connectivity index (χ4v) is 2.78. The van der Waals surface area contributed by atoms with Gasteiger partial charge in [-0.2, -0.15) is 0 Å². The fraction of sp³-hybridized carbons (Fsp3) is 0.200. The highest BCUT2D eigenvalue weighted by Gasteiger charge is 2.12. The number of benzene rings is 2. The van der Waals surface area contributed by atoms with Gasteiger partial charge in [-0.15, -0.1) is 0 Å². The molecule has 1 heterocycles. The Morgan fingerprint density at radius 1 is 1.20 bits per heavy atom. The van der Waals surface area contributed by atoms with Gasteiger partial charge in [0.25, 0.3) is 0 Å². The van der Waals surface area contributed by atoms with E-state index in [9.17, 15) is 4.79 Å². The Kier molecular flexibility index (Phi) is 5.51. The molecule has 0 aliphatic heterocycles. The number of aromatic nitrogens is 1. The highest BCUT2D eigenvalue weighted by atomic mass is 35.5. The molecule has 4 nitrogen and oxygen atoms in total. The second kappa shape index (κ2) is 7.99. The van der Waals surface area contributed by atoms with Gasteiger partial charge in [-0.3, -0.25) is 4.79 Å². The van der Waals surface area contributed by atoms with Crippen molar-refractivity contribution in [1.29, 1.82) is 0 Å². The molecule has 1 N–H and O–H groups in total. The van der Waals surface area contributed by atoms with Crippen LogP contribution in [0.15, 0.2) is 59.3 Å². The highest BCUT2D eigenvalue weighted by molar-refractivity contribution is 6.30. The lowest BCUT2D eigenvalue weighted by Crippen LogP contribution is -2.23. The Morgan fingerprint density at radius 2 is 2.00 bits per heavy atom. The molecular formula is C20H19ClN2O2. The summed E-state index contributed by atoms with van der Waals surface area (Å²) < 4.78 is 5.11. The van der Waals surface area contributed by atoms with Crippen LogP contribution in [0.25, 0.3) is 11.3 Å². The van der Waals surface area contributed by atoms with E-state index in [0.29, 0.717) is 24.4 Å². The molecular weight excluding hydrogens is 336 g/mol. The minimum absolute atomic E-state index is 0.0176. The molecule has 0 bridgehead atoms. The highest BCUT2D eigenvalue weighted by Crippen LogP contribution is 2.23. The van der Waals surface area contributed by atoms with Crippen molar-refractivity contribution in [3.8, 4) is 11.3 Å². The lowest BCUT2D eigenvalue weighted by atomic mass is 10.0. The molecule has 3 rings (SSSR count). The van der Waals surface area contributed by atoms with Gasteiger partial charge in [0, 0.05) is 29.1 Å². The Labute approximate surface area is 151 Å². The molecule has 5 heteroatoms. The zero-order chi connectivity index (χ0) is 17.6. The minimum atomic E-state index is -0.0176. The molecule has 3 aromatic rings. The molecule has 0 aliphatic rings. The molecule has 1 aromatic heterocycles. The second-order valence-electron chi connectivity index (χ2n) is 5.96. The van der Waals surface area contributed by atoms with E-state index in [4.69, 9.17) is 16.1 Å². The van der Waals surface area contributed by atoms with Crippen molar-refractivity contribution in [3.05, 3.63) is 76.5 Å². The van der Waals surface area contributed by atoms with E-state index in [-0.39, 0.29) is 5.91 Å². The molecule has 2 aromatic carbocycles. The van der Waals surface area contributed by atoms with E-state index in [1.807, 2.05) is 55.5 Å². The molecule has 0 atom stereocenters. The molecule has 25 heavy (non-hydrogen) atoms. The smallest absolute Gasteiger partial charge is 0.220 e. The Balaban J connectivity index is 1.56. The maximum absolute atomic E-state index is 12.1. The van der Waals surface area contributed by atoms with Gasteiger partial charge < -0.3 is 9.84 Å². The summed E-state index contributed by atoms with van der Waals surface area (Å²) in [5.74, 6) is -0.0176. The largest absolute Gasteiger partial charge is 0.364 e. The average Bonchev–Trinajstić information content (AvgIpc) is 3.07. The first-order valence-corrected chi connectivity index (χ1v) is 8.51. The van der Waals surface area contributed by atoms with E-state index < -0.39 is 0 Å². The Bertz CT molecular complexity index is 856. The van der Waals surface area contributed by atoms with Crippen molar-refractivity contribution in [2.24, 2.45) is 0 Å². The Hall–Kier alpha value is -2.59. The van der Waals surface area contributed by atoms with E-state index in [1.165, 1.54) is 5.56 Å². The maximum Gasteiger partial charge on any atom is 0.220 e. The van der Waals surface area contributed by atoms with Crippen molar-refractivity contribution in [2.75, 3.05) is 0 Å². The minimum Gasteiger partial charge on any atom is -0.364 e. The van der Waals surface area contributed by atoms with Crippen LogP contribution in [-0.2, 0) is 17.8 Å². The quantitative estimate of drug-likeness (QED) is 0.706. The summed E-state index contributed by atoms with van der Waals surface area (Å²) in [5.41, 5.74) is 4.89. The van der Waals surface area contributed by atoms with Gasteiger partial charge in [0.2, 0.25) is 5.91 Å². The lowest BCUT2D eigenvalue weighted by molar-refractivity contribution is -0.121. The summed E-state index contributed by atoms with van der Waals surface area (Å²) in [6.07, 6.45) is 2.56. The Morgan fingerprint density at radius 3 is 2.76 bits per heavy atom. The third-order valence-corrected chi connectivity index (χ3v) is 4.20. The van der Waals surface area contributed by atoms with Crippen molar-refractivity contribution >= 4 is 17.5 Å². The first-order chi connectivity index (χ1) is 12.1. The van der Waals surface area contributed by atoms with E-state index in [1.54, 1.807) is 6.26 Å². The van der Waals surface area contributed by atoms with Gasteiger partial charge in [0.15, 0.2) is 0 Å². The number of hydrogen-bond acceptors (Lipinski definition) is 3. The summed E-state index contributed by atoms with van der Waals surface area (Å²) >= 11 is 5.94. The van der Waals surface area contributed by atoms with Crippen LogP contribution in [0.2, 0.25) is 5.02 Å². The van der Waals surface area contributed by atoms with Gasteiger partial charge in [-0.05, 0) is 31.0 Å². The van der Waals surface area contributed by atoms with Crippen molar-refractivity contribution < 1.29 is 9.32 Å². The summed E-state index contributed by atoms with van der Waals surface area (Å²) in [7, 11) is 0. The third-order valence-electron chi connectivity index (χ3n) is 3.97. The summed E-state index contributed by atoms with van der Waals surface area (Å²) in [4.78, 5) is 12.1. The SMILES string of the molecule is Cc1ccc(-c2nocc2CCC(=O)NCc2cccc(Cl)c2)cc1. The third kappa shape index (κ3) is 4.70. The first-order valence-electron chi connectivity index (χ1n) is 8.13. The molecule has 0 aliphatic carbocycles. The predicted molar refractivity (Wildman–Crippen MR) is 98.3 cm³/mol. The fourth-order valence-electron chi connectivity index (χ4n) is 2.57. The summed E-state index contributed by atoms with van der Waals surface area (Å²) in [6.45, 7) is 2.51. The number of carbonyl (C=O) groups is 1. The van der Waals surface area contributed by atoms with Crippen LogP contribution < -0.4 is 5.32 Å². The van der Waals surface area contributed by atoms with Crippen LogP contribution in [0.4, 0.5) is 0 Å². The zero-order valence-corrected chi connectivity index (χ0v) is 14.7. The van der Waals surface area contributed by atoms with Crippen LogP contribution in [0.3, 0.4) is 0 Å². The van der Waals surface area contributed by atoms with Crippen LogP contribution >= 0.6 is 11.6 Å². The number of hydrogen-bond donors (Lipinski definition) is 1. The van der Waals surface area contributed by atoms with Gasteiger partial charge in [-0.1, -0.05) is 58.7 Å². The molecule has 1 amide bonds. The molecule has 0 radical (unpaired) electrons. The number of nitrogens with zero attached hydrogens (tertiary/aromatic N) is 1. The van der Waals surface area contributed by atoms with Crippen molar-refractivity contribution in [3.63, 3.8) is 0 Å². The van der Waals surface area contributed by atoms with Crippen LogP contribution in [0.1, 0.15) is 23.1 Å². The summed E-state index contributed by atoms with van der Waals surface area (Å²) in [6, 6.07) is 15.5. The number of nitrogens with one attached hydrogen (secondary N) is 1. The van der Waals surface area contributed by atoms with Crippen LogP contribution in [-0.4, -0.2) is 11.1 Å². The molecule has 0 fully saturated rings.